The van der Waals surface area contributed by atoms with Gasteiger partial charge in [-0.15, -0.1) is 0 Å². The van der Waals surface area contributed by atoms with Crippen LogP contribution in [0.4, 0.5) is 10.5 Å². The number of hydrogen-bond acceptors (Lipinski definition) is 5. The van der Waals surface area contributed by atoms with Gasteiger partial charge in [0.15, 0.2) is 0 Å². The lowest BCUT2D eigenvalue weighted by molar-refractivity contribution is 0.244. The number of ether oxygens (including phenoxy) is 1. The van der Waals surface area contributed by atoms with E-state index in [-0.39, 0.29) is 12.2 Å². The highest BCUT2D eigenvalue weighted by atomic mass is 16.5. The van der Waals surface area contributed by atoms with Crippen LogP contribution in [0.25, 0.3) is 5.70 Å². The number of amides is 2. The molecule has 0 radical (unpaired) electrons. The van der Waals surface area contributed by atoms with E-state index in [4.69, 9.17) is 10.5 Å². The molecule has 150 valence electrons. The molecule has 0 aromatic heterocycles. The number of carbonyl (C=O) groups is 1. The molecule has 2 aromatic rings. The van der Waals surface area contributed by atoms with Crippen LogP contribution in [-0.4, -0.2) is 32.4 Å². The van der Waals surface area contributed by atoms with Gasteiger partial charge in [-0.05, 0) is 43.0 Å². The van der Waals surface area contributed by atoms with E-state index < -0.39 is 0 Å². The van der Waals surface area contributed by atoms with Crippen molar-refractivity contribution in [2.24, 2.45) is 5.73 Å². The number of anilines is 1. The third kappa shape index (κ3) is 3.96. The Morgan fingerprint density at radius 1 is 1.14 bits per heavy atom. The van der Waals surface area contributed by atoms with Crippen LogP contribution in [0.5, 0.6) is 5.75 Å². The standard InChI is InChI=1S/C22H25N5O2/c1-24-10-11-29-20-5-3-2-4-18(20)19-12-16-14-27(22(28)26-21(16)25-19)17-8-6-15(13-23)7-9-17/h2-9,12,14,21,24-25H,10-11,13,23H2,1H3,(H,26,28). The van der Waals surface area contributed by atoms with Gasteiger partial charge in [0, 0.05) is 36.1 Å². The summed E-state index contributed by atoms with van der Waals surface area (Å²) in [5.74, 6) is 0.807. The number of nitrogens with zero attached hydrogens (tertiary/aromatic N) is 1. The van der Waals surface area contributed by atoms with E-state index in [9.17, 15) is 4.79 Å². The van der Waals surface area contributed by atoms with Crippen LogP contribution in [0.1, 0.15) is 11.1 Å². The topological polar surface area (TPSA) is 91.7 Å². The lowest BCUT2D eigenvalue weighted by atomic mass is 10.1. The van der Waals surface area contributed by atoms with Crippen molar-refractivity contribution < 1.29 is 9.53 Å². The van der Waals surface area contributed by atoms with Gasteiger partial charge >= 0.3 is 6.03 Å². The Hall–Kier alpha value is -3.29. The quantitative estimate of drug-likeness (QED) is 0.543. The van der Waals surface area contributed by atoms with E-state index in [0.29, 0.717) is 13.2 Å². The molecule has 2 aromatic carbocycles. The first-order valence-electron chi connectivity index (χ1n) is 9.65. The fourth-order valence-electron chi connectivity index (χ4n) is 3.38. The first-order valence-corrected chi connectivity index (χ1v) is 9.65. The maximum absolute atomic E-state index is 12.6. The van der Waals surface area contributed by atoms with Crippen LogP contribution in [0.3, 0.4) is 0 Å². The summed E-state index contributed by atoms with van der Waals surface area (Å²) in [5.41, 5.74) is 10.3. The van der Waals surface area contributed by atoms with Crippen molar-refractivity contribution in [1.29, 1.82) is 0 Å². The molecule has 4 rings (SSSR count). The number of nitrogens with one attached hydrogen (secondary N) is 3. The molecule has 0 saturated heterocycles. The second-order valence-corrected chi connectivity index (χ2v) is 6.90. The number of likely N-dealkylation sites (N-methyl/N-ethyl adjacent to an activating group) is 1. The van der Waals surface area contributed by atoms with Gasteiger partial charge < -0.3 is 26.4 Å². The van der Waals surface area contributed by atoms with Crippen LogP contribution >= 0.6 is 0 Å². The van der Waals surface area contributed by atoms with E-state index in [1.165, 1.54) is 0 Å². The molecule has 1 unspecified atom stereocenters. The summed E-state index contributed by atoms with van der Waals surface area (Å²) >= 11 is 0. The third-order valence-corrected chi connectivity index (χ3v) is 4.95. The molecular formula is C22H25N5O2. The predicted octanol–water partition coefficient (Wildman–Crippen LogP) is 2.13. The Balaban J connectivity index is 1.59. The largest absolute Gasteiger partial charge is 0.492 e. The highest BCUT2D eigenvalue weighted by Crippen LogP contribution is 2.32. The zero-order chi connectivity index (χ0) is 20.2. The second kappa shape index (κ2) is 8.38. The van der Waals surface area contributed by atoms with Gasteiger partial charge in [0.2, 0.25) is 0 Å². The lowest BCUT2D eigenvalue weighted by Crippen LogP contribution is -2.51. The molecular weight excluding hydrogens is 366 g/mol. The van der Waals surface area contributed by atoms with Gasteiger partial charge in [0.05, 0.1) is 5.69 Å². The van der Waals surface area contributed by atoms with E-state index >= 15 is 0 Å². The number of urea groups is 1. The van der Waals surface area contributed by atoms with Gasteiger partial charge in [0.25, 0.3) is 0 Å². The number of benzene rings is 2. The molecule has 2 aliphatic heterocycles. The third-order valence-electron chi connectivity index (χ3n) is 4.95. The van der Waals surface area contributed by atoms with Crippen molar-refractivity contribution in [3.05, 3.63) is 77.5 Å². The maximum atomic E-state index is 12.6. The van der Waals surface area contributed by atoms with Gasteiger partial charge in [-0.1, -0.05) is 24.3 Å². The minimum atomic E-state index is -0.262. The Bertz CT molecular complexity index is 952. The van der Waals surface area contributed by atoms with Crippen molar-refractivity contribution >= 4 is 17.4 Å². The zero-order valence-corrected chi connectivity index (χ0v) is 16.3. The normalized spacial score (nSPS) is 17.8. The van der Waals surface area contributed by atoms with Crippen molar-refractivity contribution in [2.75, 3.05) is 25.1 Å². The van der Waals surface area contributed by atoms with E-state index in [1.807, 2.05) is 67.9 Å². The van der Waals surface area contributed by atoms with Crippen LogP contribution in [0.2, 0.25) is 0 Å². The Morgan fingerprint density at radius 3 is 2.69 bits per heavy atom. The van der Waals surface area contributed by atoms with E-state index in [0.717, 1.165) is 40.4 Å². The molecule has 0 saturated carbocycles. The molecule has 1 atom stereocenters. The summed E-state index contributed by atoms with van der Waals surface area (Å²) in [6.07, 6.45) is 3.65. The van der Waals surface area contributed by atoms with E-state index in [1.54, 1.807) is 4.90 Å². The average molecular weight is 391 g/mol. The van der Waals surface area contributed by atoms with Crippen molar-refractivity contribution in [3.63, 3.8) is 0 Å². The number of rotatable bonds is 7. The van der Waals surface area contributed by atoms with Crippen LogP contribution in [0, 0.1) is 0 Å². The van der Waals surface area contributed by atoms with Gasteiger partial charge in [-0.2, -0.15) is 0 Å². The average Bonchev–Trinajstić information content (AvgIpc) is 3.16. The number of fused-ring (bicyclic) bond motifs is 1. The maximum Gasteiger partial charge on any atom is 0.327 e. The minimum absolute atomic E-state index is 0.181. The van der Waals surface area contributed by atoms with Gasteiger partial charge in [-0.3, -0.25) is 4.90 Å². The fraction of sp³-hybridized carbons (Fsp3) is 0.227. The summed E-state index contributed by atoms with van der Waals surface area (Å²) in [6, 6.07) is 15.4. The van der Waals surface area contributed by atoms with Gasteiger partial charge in [-0.25, -0.2) is 4.79 Å². The summed E-state index contributed by atoms with van der Waals surface area (Å²) in [5, 5.41) is 9.47. The Morgan fingerprint density at radius 2 is 1.93 bits per heavy atom. The molecule has 2 heterocycles. The predicted molar refractivity (Wildman–Crippen MR) is 114 cm³/mol. The summed E-state index contributed by atoms with van der Waals surface area (Å²) in [7, 11) is 1.89. The van der Waals surface area contributed by atoms with Crippen LogP contribution < -0.4 is 31.3 Å². The first kappa shape index (κ1) is 19.0. The first-order chi connectivity index (χ1) is 14.2. The molecule has 0 fully saturated rings. The summed E-state index contributed by atoms with van der Waals surface area (Å²) in [4.78, 5) is 14.2. The highest BCUT2D eigenvalue weighted by molar-refractivity contribution is 5.96. The second-order valence-electron chi connectivity index (χ2n) is 6.90. The minimum Gasteiger partial charge on any atom is -0.492 e. The zero-order valence-electron chi connectivity index (χ0n) is 16.3. The Labute approximate surface area is 170 Å². The number of para-hydroxylation sites is 1. The smallest absolute Gasteiger partial charge is 0.327 e. The molecule has 0 spiro atoms. The molecule has 0 aliphatic carbocycles. The number of carbonyl (C=O) groups excluding carboxylic acids is 1. The van der Waals surface area contributed by atoms with Crippen LogP contribution in [-0.2, 0) is 6.54 Å². The molecule has 29 heavy (non-hydrogen) atoms. The van der Waals surface area contributed by atoms with Crippen molar-refractivity contribution in [2.45, 2.75) is 12.7 Å². The van der Waals surface area contributed by atoms with Crippen molar-refractivity contribution in [3.8, 4) is 5.75 Å². The van der Waals surface area contributed by atoms with Crippen LogP contribution in [0.15, 0.2) is 66.4 Å². The SMILES string of the molecule is CNCCOc1ccccc1C1=CC2=CN(c3ccc(CN)cc3)C(=O)NC2N1. The molecule has 7 nitrogen and oxygen atoms in total. The lowest BCUT2D eigenvalue weighted by Gasteiger charge is -2.29. The molecule has 5 N–H and O–H groups in total. The Kier molecular flexibility index (Phi) is 5.50. The monoisotopic (exact) mass is 391 g/mol. The summed E-state index contributed by atoms with van der Waals surface area (Å²) in [6.45, 7) is 1.82. The molecule has 0 bridgehead atoms. The van der Waals surface area contributed by atoms with Crippen molar-refractivity contribution in [1.82, 2.24) is 16.0 Å². The molecule has 2 aliphatic rings. The van der Waals surface area contributed by atoms with Gasteiger partial charge in [0.1, 0.15) is 18.5 Å². The fourth-order valence-corrected chi connectivity index (χ4v) is 3.38. The number of nitrogens with two attached hydrogens (primary N) is 1. The highest BCUT2D eigenvalue weighted by Gasteiger charge is 2.31. The molecule has 7 heteroatoms. The summed E-state index contributed by atoms with van der Waals surface area (Å²) < 4.78 is 5.91. The van der Waals surface area contributed by atoms with E-state index in [2.05, 4.69) is 16.0 Å². The molecule has 2 amide bonds. The number of hydrogen-bond donors (Lipinski definition) is 4.